The summed E-state index contributed by atoms with van der Waals surface area (Å²) in [5.74, 6) is -0.373. The summed E-state index contributed by atoms with van der Waals surface area (Å²) >= 11 is 0. The first-order chi connectivity index (χ1) is 10.9. The number of hydrogen-bond donors (Lipinski definition) is 2. The van der Waals surface area contributed by atoms with Crippen LogP contribution in [0, 0.1) is 5.82 Å². The Kier molecular flexibility index (Phi) is 4.01. The first-order valence-electron chi connectivity index (χ1n) is 6.75. The fraction of sp³-hybridized carbons (Fsp3) is 0.133. The molecule has 0 aliphatic carbocycles. The number of carbonyl (C=O) groups is 1. The van der Waals surface area contributed by atoms with E-state index in [-0.39, 0.29) is 29.8 Å². The van der Waals surface area contributed by atoms with Gasteiger partial charge in [-0.2, -0.15) is 0 Å². The molecule has 2 aromatic rings. The van der Waals surface area contributed by atoms with Crippen molar-refractivity contribution >= 4 is 21.6 Å². The second-order valence-corrected chi connectivity index (χ2v) is 6.71. The standard InChI is InChI=1S/C15H13FN2O4S/c16-11-3-1-10(2-4-11)8-17-23(20,21)12-5-6-13-14(7-12)22-9-15(19)18-13/h1-7,17H,8-9H2,(H,18,19). The van der Waals surface area contributed by atoms with Crippen LogP contribution in [0.15, 0.2) is 47.4 Å². The highest BCUT2D eigenvalue weighted by atomic mass is 32.2. The molecule has 0 aromatic heterocycles. The van der Waals surface area contributed by atoms with E-state index in [1.807, 2.05) is 0 Å². The maximum atomic E-state index is 12.8. The molecule has 0 bridgehead atoms. The number of carbonyl (C=O) groups excluding carboxylic acids is 1. The van der Waals surface area contributed by atoms with Crippen molar-refractivity contribution in [1.29, 1.82) is 0 Å². The minimum absolute atomic E-state index is 0.0227. The van der Waals surface area contributed by atoms with Gasteiger partial charge in [-0.05, 0) is 29.8 Å². The first-order valence-corrected chi connectivity index (χ1v) is 8.23. The van der Waals surface area contributed by atoms with Crippen LogP contribution in [0.1, 0.15) is 5.56 Å². The molecule has 2 aromatic carbocycles. The van der Waals surface area contributed by atoms with Crippen molar-refractivity contribution in [2.75, 3.05) is 11.9 Å². The van der Waals surface area contributed by atoms with E-state index in [1.165, 1.54) is 42.5 Å². The number of halogens is 1. The van der Waals surface area contributed by atoms with Crippen molar-refractivity contribution in [1.82, 2.24) is 4.72 Å². The molecule has 1 aliphatic rings. The number of fused-ring (bicyclic) bond motifs is 1. The van der Waals surface area contributed by atoms with Gasteiger partial charge in [-0.15, -0.1) is 0 Å². The fourth-order valence-corrected chi connectivity index (χ4v) is 3.12. The van der Waals surface area contributed by atoms with Crippen molar-refractivity contribution in [2.24, 2.45) is 0 Å². The van der Waals surface area contributed by atoms with Crippen LogP contribution in [-0.2, 0) is 21.4 Å². The molecular weight excluding hydrogens is 323 g/mol. The largest absolute Gasteiger partial charge is 0.482 e. The Morgan fingerprint density at radius 1 is 1.17 bits per heavy atom. The minimum Gasteiger partial charge on any atom is -0.482 e. The normalized spacial score (nSPS) is 13.9. The molecule has 0 radical (unpaired) electrons. The number of ether oxygens (including phenoxy) is 1. The number of amides is 1. The molecular formula is C15H13FN2O4S. The molecule has 2 N–H and O–H groups in total. The smallest absolute Gasteiger partial charge is 0.262 e. The van der Waals surface area contributed by atoms with Gasteiger partial charge in [0.15, 0.2) is 6.61 Å². The molecule has 6 nitrogen and oxygen atoms in total. The maximum Gasteiger partial charge on any atom is 0.262 e. The van der Waals surface area contributed by atoms with Gasteiger partial charge in [0.1, 0.15) is 11.6 Å². The molecule has 0 unspecified atom stereocenters. The number of sulfonamides is 1. The summed E-state index contributed by atoms with van der Waals surface area (Å²) in [6, 6.07) is 9.73. The number of anilines is 1. The van der Waals surface area contributed by atoms with Gasteiger partial charge in [0.2, 0.25) is 10.0 Å². The minimum atomic E-state index is -3.75. The zero-order valence-corrected chi connectivity index (χ0v) is 12.7. The van der Waals surface area contributed by atoms with Crippen LogP contribution in [0.25, 0.3) is 0 Å². The second kappa shape index (κ2) is 5.98. The fourth-order valence-electron chi connectivity index (χ4n) is 2.09. The maximum absolute atomic E-state index is 12.8. The van der Waals surface area contributed by atoms with Crippen LogP contribution in [0.2, 0.25) is 0 Å². The van der Waals surface area contributed by atoms with Crippen LogP contribution in [0.4, 0.5) is 10.1 Å². The molecule has 8 heteroatoms. The Balaban J connectivity index is 1.77. The predicted molar refractivity (Wildman–Crippen MR) is 81.0 cm³/mol. The van der Waals surface area contributed by atoms with Gasteiger partial charge in [-0.1, -0.05) is 12.1 Å². The van der Waals surface area contributed by atoms with Crippen molar-refractivity contribution in [2.45, 2.75) is 11.4 Å². The first kappa shape index (κ1) is 15.4. The number of hydrogen-bond acceptors (Lipinski definition) is 4. The number of nitrogens with one attached hydrogen (secondary N) is 2. The Labute approximate surface area is 132 Å². The molecule has 1 amide bonds. The Bertz CT molecular complexity index is 850. The summed E-state index contributed by atoms with van der Waals surface area (Å²) < 4.78 is 45.1. The summed E-state index contributed by atoms with van der Waals surface area (Å²) in [5.41, 5.74) is 1.06. The molecule has 0 fully saturated rings. The highest BCUT2D eigenvalue weighted by molar-refractivity contribution is 7.89. The SMILES string of the molecule is O=C1COc2cc(S(=O)(=O)NCc3ccc(F)cc3)ccc2N1. The lowest BCUT2D eigenvalue weighted by Crippen LogP contribution is -2.26. The van der Waals surface area contributed by atoms with Crippen molar-refractivity contribution in [3.8, 4) is 5.75 Å². The zero-order chi connectivity index (χ0) is 16.4. The quantitative estimate of drug-likeness (QED) is 0.889. The van der Waals surface area contributed by atoms with Crippen LogP contribution >= 0.6 is 0 Å². The van der Waals surface area contributed by atoms with E-state index in [0.717, 1.165) is 0 Å². The molecule has 0 atom stereocenters. The van der Waals surface area contributed by atoms with Crippen LogP contribution in [0.3, 0.4) is 0 Å². The van der Waals surface area contributed by atoms with E-state index in [0.29, 0.717) is 17.0 Å². The van der Waals surface area contributed by atoms with Crippen LogP contribution in [0.5, 0.6) is 5.75 Å². The average molecular weight is 336 g/mol. The molecule has 0 saturated heterocycles. The molecule has 1 heterocycles. The Morgan fingerprint density at radius 3 is 2.65 bits per heavy atom. The molecule has 23 heavy (non-hydrogen) atoms. The van der Waals surface area contributed by atoms with Crippen molar-refractivity contribution in [3.63, 3.8) is 0 Å². The molecule has 3 rings (SSSR count). The highest BCUT2D eigenvalue weighted by Crippen LogP contribution is 2.30. The van der Waals surface area contributed by atoms with Crippen molar-refractivity contribution in [3.05, 3.63) is 53.8 Å². The summed E-state index contributed by atoms with van der Waals surface area (Å²) in [6.07, 6.45) is 0. The Hall–Kier alpha value is -2.45. The average Bonchev–Trinajstić information content (AvgIpc) is 2.54. The highest BCUT2D eigenvalue weighted by Gasteiger charge is 2.20. The molecule has 0 saturated carbocycles. The summed E-state index contributed by atoms with van der Waals surface area (Å²) in [7, 11) is -3.75. The van der Waals surface area contributed by atoms with E-state index >= 15 is 0 Å². The topological polar surface area (TPSA) is 84.5 Å². The third kappa shape index (κ3) is 3.49. The summed E-state index contributed by atoms with van der Waals surface area (Å²) in [5, 5.41) is 2.59. The van der Waals surface area contributed by atoms with Gasteiger partial charge < -0.3 is 10.1 Å². The van der Waals surface area contributed by atoms with Gasteiger partial charge >= 0.3 is 0 Å². The molecule has 1 aliphatic heterocycles. The van der Waals surface area contributed by atoms with Crippen LogP contribution < -0.4 is 14.8 Å². The van der Waals surface area contributed by atoms with Crippen molar-refractivity contribution < 1.29 is 22.3 Å². The van der Waals surface area contributed by atoms with Gasteiger partial charge in [0.25, 0.3) is 5.91 Å². The Morgan fingerprint density at radius 2 is 1.91 bits per heavy atom. The molecule has 0 spiro atoms. The lowest BCUT2D eigenvalue weighted by molar-refractivity contribution is -0.118. The van der Waals surface area contributed by atoms with E-state index in [1.54, 1.807) is 0 Å². The summed E-state index contributed by atoms with van der Waals surface area (Å²) in [6.45, 7) is -0.114. The van der Waals surface area contributed by atoms with Gasteiger partial charge in [-0.3, -0.25) is 4.79 Å². The lowest BCUT2D eigenvalue weighted by Gasteiger charge is -2.18. The van der Waals surface area contributed by atoms with Gasteiger partial charge in [0, 0.05) is 12.6 Å². The van der Waals surface area contributed by atoms with E-state index in [4.69, 9.17) is 4.74 Å². The number of rotatable bonds is 4. The van der Waals surface area contributed by atoms with E-state index in [2.05, 4.69) is 10.0 Å². The third-order valence-electron chi connectivity index (χ3n) is 3.28. The monoisotopic (exact) mass is 336 g/mol. The second-order valence-electron chi connectivity index (χ2n) is 4.95. The third-order valence-corrected chi connectivity index (χ3v) is 4.67. The van der Waals surface area contributed by atoms with E-state index in [9.17, 15) is 17.6 Å². The number of benzene rings is 2. The van der Waals surface area contributed by atoms with Crippen LogP contribution in [-0.4, -0.2) is 20.9 Å². The predicted octanol–water partition coefficient (Wildman–Crippen LogP) is 1.64. The lowest BCUT2D eigenvalue weighted by atomic mass is 10.2. The summed E-state index contributed by atoms with van der Waals surface area (Å²) in [4.78, 5) is 11.2. The van der Waals surface area contributed by atoms with Gasteiger partial charge in [0.05, 0.1) is 10.6 Å². The molecule has 120 valence electrons. The zero-order valence-electron chi connectivity index (χ0n) is 11.9. The van der Waals surface area contributed by atoms with E-state index < -0.39 is 10.0 Å². The van der Waals surface area contributed by atoms with Gasteiger partial charge in [-0.25, -0.2) is 17.5 Å².